The average Bonchev–Trinajstić information content (AvgIpc) is 2.55. The fraction of sp³-hybridized carbons (Fsp3) is 0.923. The van der Waals surface area contributed by atoms with Crippen molar-refractivity contribution in [1.29, 1.82) is 0 Å². The Bertz CT molecular complexity index is 503. The van der Waals surface area contributed by atoms with Gasteiger partial charge in [0.15, 0.2) is 0 Å². The molecule has 0 amide bonds. The molecule has 6 unspecified atom stereocenters. The summed E-state index contributed by atoms with van der Waals surface area (Å²) in [4.78, 5) is 25.0. The fourth-order valence-electron chi connectivity index (χ4n) is 5.07. The van der Waals surface area contributed by atoms with Crippen molar-refractivity contribution in [2.75, 3.05) is 0 Å². The predicted molar refractivity (Wildman–Crippen MR) is 126 cm³/mol. The van der Waals surface area contributed by atoms with E-state index < -0.39 is 0 Å². The van der Waals surface area contributed by atoms with Crippen molar-refractivity contribution in [2.24, 2.45) is 41.4 Å². The molecule has 0 aromatic heterocycles. The highest BCUT2D eigenvalue weighted by Gasteiger charge is 2.32. The Kier molecular flexibility index (Phi) is 11.9. The number of carbonyl (C=O) groups excluding carboxylic acids is 2. The van der Waals surface area contributed by atoms with Gasteiger partial charge in [0, 0.05) is 35.3 Å². The molecule has 0 aliphatic heterocycles. The molecular weight excluding hydrogens is 358 g/mol. The van der Waals surface area contributed by atoms with E-state index in [4.69, 9.17) is 0 Å². The van der Waals surface area contributed by atoms with Gasteiger partial charge in [-0.3, -0.25) is 9.59 Å². The van der Waals surface area contributed by atoms with E-state index in [0.717, 1.165) is 19.3 Å². The first kappa shape index (κ1) is 28.3. The molecule has 0 aliphatic rings. The molecule has 6 atom stereocenters. The average molecular weight is 410 g/mol. The third-order valence-electron chi connectivity index (χ3n) is 6.33. The Morgan fingerprint density at radius 1 is 0.655 bits per heavy atom. The zero-order chi connectivity index (χ0) is 23.1. The molecule has 3 heteroatoms. The zero-order valence-electron chi connectivity index (χ0n) is 21.6. The van der Waals surface area contributed by atoms with Gasteiger partial charge in [0.1, 0.15) is 11.6 Å². The van der Waals surface area contributed by atoms with Crippen LogP contribution in [-0.2, 0) is 9.59 Å². The molecule has 0 radical (unpaired) electrons. The van der Waals surface area contributed by atoms with Crippen molar-refractivity contribution >= 4 is 11.6 Å². The van der Waals surface area contributed by atoms with Gasteiger partial charge in [0.05, 0.1) is 0 Å². The lowest BCUT2D eigenvalue weighted by atomic mass is 9.71. The van der Waals surface area contributed by atoms with Crippen LogP contribution in [0.2, 0.25) is 0 Å². The smallest absolute Gasteiger partial charge is 0.138 e. The van der Waals surface area contributed by atoms with E-state index in [-0.39, 0.29) is 29.2 Å². The molecule has 0 fully saturated rings. The van der Waals surface area contributed by atoms with Crippen LogP contribution < -0.4 is 5.32 Å². The summed E-state index contributed by atoms with van der Waals surface area (Å²) in [6.07, 6.45) is 2.92. The van der Waals surface area contributed by atoms with Crippen molar-refractivity contribution in [3.05, 3.63) is 0 Å². The molecule has 0 spiro atoms. The Balaban J connectivity index is 5.36. The van der Waals surface area contributed by atoms with Crippen LogP contribution in [0, 0.1) is 41.4 Å². The lowest BCUT2D eigenvalue weighted by Crippen LogP contribution is -2.43. The van der Waals surface area contributed by atoms with E-state index in [0.29, 0.717) is 35.4 Å². The predicted octanol–water partition coefficient (Wildman–Crippen LogP) is 6.54. The molecule has 29 heavy (non-hydrogen) atoms. The lowest BCUT2D eigenvalue weighted by Gasteiger charge is -2.36. The van der Waals surface area contributed by atoms with Crippen LogP contribution in [0.25, 0.3) is 0 Å². The number of hydrogen-bond acceptors (Lipinski definition) is 3. The highest BCUT2D eigenvalue weighted by molar-refractivity contribution is 5.82. The molecule has 0 saturated carbocycles. The maximum absolute atomic E-state index is 12.6. The summed E-state index contributed by atoms with van der Waals surface area (Å²) in [5.41, 5.74) is 0.0966. The summed E-state index contributed by atoms with van der Waals surface area (Å²) in [5.74, 6) is 2.42. The number of ketones is 2. The molecule has 0 aliphatic carbocycles. The van der Waals surface area contributed by atoms with E-state index in [9.17, 15) is 9.59 Å². The number of rotatable bonds is 13. The number of Topliss-reactive ketones (excluding diaryl/α,β-unsaturated/α-hetero) is 2. The summed E-state index contributed by atoms with van der Waals surface area (Å²) in [6.45, 7) is 25.7. The van der Waals surface area contributed by atoms with Crippen LogP contribution in [0.1, 0.15) is 102 Å². The maximum Gasteiger partial charge on any atom is 0.138 e. The molecule has 172 valence electrons. The van der Waals surface area contributed by atoms with Crippen molar-refractivity contribution in [3.63, 3.8) is 0 Å². The van der Waals surface area contributed by atoms with Crippen molar-refractivity contribution in [3.8, 4) is 0 Å². The molecular formula is C26H51NO2. The van der Waals surface area contributed by atoms with Gasteiger partial charge in [-0.1, -0.05) is 55.4 Å². The second-order valence-corrected chi connectivity index (χ2v) is 11.5. The van der Waals surface area contributed by atoms with Gasteiger partial charge in [-0.2, -0.15) is 0 Å². The highest BCUT2D eigenvalue weighted by Crippen LogP contribution is 2.35. The van der Waals surface area contributed by atoms with Gasteiger partial charge in [0.2, 0.25) is 0 Å². The molecule has 0 rings (SSSR count). The highest BCUT2D eigenvalue weighted by atomic mass is 16.1. The molecule has 3 nitrogen and oxygen atoms in total. The van der Waals surface area contributed by atoms with Gasteiger partial charge in [-0.05, 0) is 64.7 Å². The SMILES string of the molecule is CC(CC(C)C(CC(C)C(=O)C(C)C)C(C)CC(C)C(=O)C(C)C)NC(C)(C)C. The largest absolute Gasteiger partial charge is 0.310 e. The lowest BCUT2D eigenvalue weighted by molar-refractivity contribution is -0.127. The van der Waals surface area contributed by atoms with Crippen molar-refractivity contribution in [2.45, 2.75) is 114 Å². The Morgan fingerprint density at radius 2 is 1.03 bits per heavy atom. The van der Waals surface area contributed by atoms with Crippen LogP contribution >= 0.6 is 0 Å². The van der Waals surface area contributed by atoms with Crippen molar-refractivity contribution in [1.82, 2.24) is 5.32 Å². The first-order valence-electron chi connectivity index (χ1n) is 11.9. The minimum absolute atomic E-state index is 0.0758. The van der Waals surface area contributed by atoms with Gasteiger partial charge in [0.25, 0.3) is 0 Å². The van der Waals surface area contributed by atoms with Crippen LogP contribution in [0.15, 0.2) is 0 Å². The van der Waals surface area contributed by atoms with Crippen LogP contribution in [0.4, 0.5) is 0 Å². The Morgan fingerprint density at radius 3 is 1.41 bits per heavy atom. The summed E-state index contributed by atoms with van der Waals surface area (Å²) < 4.78 is 0. The number of carbonyl (C=O) groups is 2. The number of hydrogen-bond donors (Lipinski definition) is 1. The van der Waals surface area contributed by atoms with Gasteiger partial charge < -0.3 is 5.32 Å². The first-order chi connectivity index (χ1) is 13.1. The van der Waals surface area contributed by atoms with Crippen LogP contribution in [-0.4, -0.2) is 23.1 Å². The Hall–Kier alpha value is -0.700. The Labute approximate surface area is 182 Å². The van der Waals surface area contributed by atoms with Crippen LogP contribution in [0.3, 0.4) is 0 Å². The molecule has 0 heterocycles. The second-order valence-electron chi connectivity index (χ2n) is 11.5. The van der Waals surface area contributed by atoms with E-state index in [2.05, 4.69) is 60.7 Å². The van der Waals surface area contributed by atoms with E-state index in [1.165, 1.54) is 0 Å². The molecule has 0 bridgehead atoms. The van der Waals surface area contributed by atoms with E-state index >= 15 is 0 Å². The fourth-order valence-corrected chi connectivity index (χ4v) is 5.07. The van der Waals surface area contributed by atoms with Gasteiger partial charge >= 0.3 is 0 Å². The second kappa shape index (κ2) is 12.2. The van der Waals surface area contributed by atoms with Crippen molar-refractivity contribution < 1.29 is 9.59 Å². The monoisotopic (exact) mass is 409 g/mol. The number of nitrogens with one attached hydrogen (secondary N) is 1. The summed E-state index contributed by atoms with van der Waals surface area (Å²) >= 11 is 0. The zero-order valence-corrected chi connectivity index (χ0v) is 21.6. The topological polar surface area (TPSA) is 46.2 Å². The normalized spacial score (nSPS) is 19.0. The molecule has 1 N–H and O–H groups in total. The third kappa shape index (κ3) is 10.8. The summed E-state index contributed by atoms with van der Waals surface area (Å²) in [7, 11) is 0. The third-order valence-corrected chi connectivity index (χ3v) is 6.33. The molecule has 0 aromatic carbocycles. The van der Waals surface area contributed by atoms with Gasteiger partial charge in [-0.25, -0.2) is 0 Å². The first-order valence-corrected chi connectivity index (χ1v) is 11.9. The van der Waals surface area contributed by atoms with Crippen LogP contribution in [0.5, 0.6) is 0 Å². The minimum atomic E-state index is 0.0758. The summed E-state index contributed by atoms with van der Waals surface area (Å²) in [6, 6.07) is 0.422. The minimum Gasteiger partial charge on any atom is -0.310 e. The van der Waals surface area contributed by atoms with E-state index in [1.54, 1.807) is 0 Å². The van der Waals surface area contributed by atoms with E-state index in [1.807, 2.05) is 27.7 Å². The molecule has 0 aromatic rings. The maximum atomic E-state index is 12.6. The van der Waals surface area contributed by atoms with Gasteiger partial charge in [-0.15, -0.1) is 0 Å². The standard InChI is InChI=1S/C26H51NO2/c1-16(2)24(28)20(7)13-18(5)23(15-21(8)25(29)17(3)4)19(6)14-22(9)27-26(10,11)12/h16-23,27H,13-15H2,1-12H3. The summed E-state index contributed by atoms with van der Waals surface area (Å²) in [5, 5.41) is 3.69. The molecule has 0 saturated heterocycles. The quantitative estimate of drug-likeness (QED) is 0.375.